The Balaban J connectivity index is 1.75. The Morgan fingerprint density at radius 3 is 2.30 bits per heavy atom. The van der Waals surface area contributed by atoms with Gasteiger partial charge in [-0.3, -0.25) is 4.79 Å². The number of urea groups is 1. The van der Waals surface area contributed by atoms with Crippen LogP contribution in [0.25, 0.3) is 0 Å². The molecule has 0 saturated heterocycles. The van der Waals surface area contributed by atoms with E-state index in [1.807, 2.05) is 0 Å². The molecule has 5 heteroatoms. The SMILES string of the molecule is CC1CCC(NC(=O)NCC2(C(=O)O)CCCC2)CC1. The first kappa shape index (κ1) is 15.1. The summed E-state index contributed by atoms with van der Waals surface area (Å²) in [5.41, 5.74) is -0.738. The lowest BCUT2D eigenvalue weighted by Gasteiger charge is -2.28. The van der Waals surface area contributed by atoms with Crippen LogP contribution in [0.5, 0.6) is 0 Å². The van der Waals surface area contributed by atoms with Gasteiger partial charge in [0.05, 0.1) is 5.41 Å². The highest BCUT2D eigenvalue weighted by Crippen LogP contribution is 2.37. The van der Waals surface area contributed by atoms with E-state index in [1.54, 1.807) is 0 Å². The van der Waals surface area contributed by atoms with Crippen LogP contribution in [0.15, 0.2) is 0 Å². The second kappa shape index (κ2) is 6.46. The molecule has 2 saturated carbocycles. The highest BCUT2D eigenvalue weighted by molar-refractivity contribution is 5.78. The first-order chi connectivity index (χ1) is 9.52. The zero-order valence-electron chi connectivity index (χ0n) is 12.3. The van der Waals surface area contributed by atoms with E-state index in [0.29, 0.717) is 12.8 Å². The summed E-state index contributed by atoms with van der Waals surface area (Å²) in [6, 6.07) is 0.0348. The van der Waals surface area contributed by atoms with Gasteiger partial charge in [0.25, 0.3) is 0 Å². The fourth-order valence-corrected chi connectivity index (χ4v) is 3.41. The van der Waals surface area contributed by atoms with Crippen molar-refractivity contribution < 1.29 is 14.7 Å². The van der Waals surface area contributed by atoms with Crippen molar-refractivity contribution in [2.24, 2.45) is 11.3 Å². The lowest BCUT2D eigenvalue weighted by molar-refractivity contribution is -0.148. The second-order valence-electron chi connectivity index (χ2n) is 6.58. The Hall–Kier alpha value is -1.26. The molecular formula is C15H26N2O3. The van der Waals surface area contributed by atoms with Crippen LogP contribution < -0.4 is 10.6 Å². The summed E-state index contributed by atoms with van der Waals surface area (Å²) in [6.07, 6.45) is 7.59. The van der Waals surface area contributed by atoms with E-state index in [-0.39, 0.29) is 18.6 Å². The molecule has 2 fully saturated rings. The van der Waals surface area contributed by atoms with Crippen molar-refractivity contribution >= 4 is 12.0 Å². The summed E-state index contributed by atoms with van der Waals surface area (Å²) >= 11 is 0. The molecule has 0 unspecified atom stereocenters. The summed E-state index contributed by atoms with van der Waals surface area (Å²) in [7, 11) is 0. The van der Waals surface area contributed by atoms with Gasteiger partial charge in [-0.1, -0.05) is 19.8 Å². The maximum absolute atomic E-state index is 11.9. The third-order valence-electron chi connectivity index (χ3n) is 4.95. The predicted molar refractivity (Wildman–Crippen MR) is 76.5 cm³/mol. The molecule has 20 heavy (non-hydrogen) atoms. The van der Waals surface area contributed by atoms with Gasteiger partial charge in [-0.25, -0.2) is 4.79 Å². The molecule has 2 amide bonds. The average Bonchev–Trinajstić information content (AvgIpc) is 2.89. The van der Waals surface area contributed by atoms with E-state index < -0.39 is 11.4 Å². The molecule has 0 aromatic carbocycles. The van der Waals surface area contributed by atoms with Crippen LogP contribution >= 0.6 is 0 Å². The third-order valence-corrected chi connectivity index (χ3v) is 4.95. The Labute approximate surface area is 120 Å². The highest BCUT2D eigenvalue weighted by atomic mass is 16.4. The number of carboxylic acids is 1. The molecule has 3 N–H and O–H groups in total. The molecule has 2 aliphatic carbocycles. The van der Waals surface area contributed by atoms with E-state index in [0.717, 1.165) is 44.4 Å². The van der Waals surface area contributed by atoms with E-state index in [2.05, 4.69) is 17.6 Å². The van der Waals surface area contributed by atoms with E-state index in [4.69, 9.17) is 0 Å². The molecule has 0 aromatic heterocycles. The van der Waals surface area contributed by atoms with Crippen molar-refractivity contribution in [1.82, 2.24) is 10.6 Å². The summed E-state index contributed by atoms with van der Waals surface area (Å²) in [4.78, 5) is 23.3. The van der Waals surface area contributed by atoms with E-state index in [1.165, 1.54) is 0 Å². The molecule has 2 aliphatic rings. The molecule has 2 rings (SSSR count). The fourth-order valence-electron chi connectivity index (χ4n) is 3.41. The highest BCUT2D eigenvalue weighted by Gasteiger charge is 2.41. The normalized spacial score (nSPS) is 28.9. The smallest absolute Gasteiger partial charge is 0.315 e. The van der Waals surface area contributed by atoms with Crippen molar-refractivity contribution in [2.45, 2.75) is 64.3 Å². The fraction of sp³-hybridized carbons (Fsp3) is 0.867. The van der Waals surface area contributed by atoms with Gasteiger partial charge in [0.1, 0.15) is 0 Å². The molecular weight excluding hydrogens is 256 g/mol. The first-order valence-corrected chi connectivity index (χ1v) is 7.80. The minimum Gasteiger partial charge on any atom is -0.481 e. The first-order valence-electron chi connectivity index (χ1n) is 7.80. The summed E-state index contributed by atoms with van der Waals surface area (Å²) in [6.45, 7) is 2.49. The van der Waals surface area contributed by atoms with Crippen molar-refractivity contribution in [3.05, 3.63) is 0 Å². The van der Waals surface area contributed by atoms with Gasteiger partial charge < -0.3 is 15.7 Å². The summed E-state index contributed by atoms with van der Waals surface area (Å²) in [5.74, 6) is -0.0216. The van der Waals surface area contributed by atoms with Crippen LogP contribution in [0.2, 0.25) is 0 Å². The number of amides is 2. The molecule has 0 atom stereocenters. The van der Waals surface area contributed by atoms with Crippen LogP contribution in [-0.4, -0.2) is 29.7 Å². The average molecular weight is 282 g/mol. The molecule has 0 radical (unpaired) electrons. The Morgan fingerprint density at radius 1 is 1.15 bits per heavy atom. The topological polar surface area (TPSA) is 78.4 Å². The van der Waals surface area contributed by atoms with Crippen molar-refractivity contribution in [1.29, 1.82) is 0 Å². The van der Waals surface area contributed by atoms with Crippen LogP contribution in [0.4, 0.5) is 4.79 Å². The van der Waals surface area contributed by atoms with Crippen LogP contribution in [0.1, 0.15) is 58.3 Å². The van der Waals surface area contributed by atoms with Crippen molar-refractivity contribution in [3.8, 4) is 0 Å². The number of hydrogen-bond acceptors (Lipinski definition) is 2. The molecule has 0 aliphatic heterocycles. The number of nitrogens with one attached hydrogen (secondary N) is 2. The van der Waals surface area contributed by atoms with Crippen LogP contribution in [-0.2, 0) is 4.79 Å². The van der Waals surface area contributed by atoms with Gasteiger partial charge in [0.15, 0.2) is 0 Å². The molecule has 0 heterocycles. The quantitative estimate of drug-likeness (QED) is 0.741. The predicted octanol–water partition coefficient (Wildman–Crippen LogP) is 2.51. The minimum absolute atomic E-state index is 0.211. The number of carbonyl (C=O) groups is 2. The van der Waals surface area contributed by atoms with Gasteiger partial charge in [-0.2, -0.15) is 0 Å². The zero-order valence-corrected chi connectivity index (χ0v) is 12.3. The second-order valence-corrected chi connectivity index (χ2v) is 6.58. The lowest BCUT2D eigenvalue weighted by atomic mass is 9.86. The minimum atomic E-state index is -0.776. The molecule has 0 aromatic rings. The van der Waals surface area contributed by atoms with Crippen molar-refractivity contribution in [2.75, 3.05) is 6.54 Å². The Bertz CT molecular complexity index is 356. The number of rotatable bonds is 4. The molecule has 114 valence electrons. The maximum atomic E-state index is 11.9. The number of carbonyl (C=O) groups excluding carboxylic acids is 1. The number of hydrogen-bond donors (Lipinski definition) is 3. The largest absolute Gasteiger partial charge is 0.481 e. The monoisotopic (exact) mass is 282 g/mol. The van der Waals surface area contributed by atoms with Gasteiger partial charge in [-0.15, -0.1) is 0 Å². The van der Waals surface area contributed by atoms with Crippen LogP contribution in [0.3, 0.4) is 0 Å². The van der Waals surface area contributed by atoms with Crippen molar-refractivity contribution in [3.63, 3.8) is 0 Å². The van der Waals surface area contributed by atoms with Gasteiger partial charge in [-0.05, 0) is 44.4 Å². The third kappa shape index (κ3) is 3.64. The van der Waals surface area contributed by atoms with E-state index in [9.17, 15) is 14.7 Å². The lowest BCUT2D eigenvalue weighted by Crippen LogP contribution is -2.48. The Morgan fingerprint density at radius 2 is 1.75 bits per heavy atom. The Kier molecular flexibility index (Phi) is 4.89. The maximum Gasteiger partial charge on any atom is 0.315 e. The molecule has 0 spiro atoms. The van der Waals surface area contributed by atoms with Gasteiger partial charge >= 0.3 is 12.0 Å². The number of aliphatic carboxylic acids is 1. The molecule has 0 bridgehead atoms. The van der Waals surface area contributed by atoms with Crippen LogP contribution in [0, 0.1) is 11.3 Å². The number of carboxylic acid groups (broad SMARTS) is 1. The standard InChI is InChI=1S/C15H26N2O3/c1-11-4-6-12(7-5-11)17-14(20)16-10-15(13(18)19)8-2-3-9-15/h11-12H,2-10H2,1H3,(H,18,19)(H2,16,17,20). The molecule has 5 nitrogen and oxygen atoms in total. The van der Waals surface area contributed by atoms with E-state index >= 15 is 0 Å². The van der Waals surface area contributed by atoms with Gasteiger partial charge in [0, 0.05) is 12.6 Å². The summed E-state index contributed by atoms with van der Waals surface area (Å²) < 4.78 is 0. The van der Waals surface area contributed by atoms with Gasteiger partial charge in [0.2, 0.25) is 0 Å². The zero-order chi connectivity index (χ0) is 14.6. The summed E-state index contributed by atoms with van der Waals surface area (Å²) in [5, 5.41) is 15.1.